The molecule has 1 rings (SSSR count). The third-order valence-corrected chi connectivity index (χ3v) is 3.42. The van der Waals surface area contributed by atoms with Gasteiger partial charge in [-0.25, -0.2) is 0 Å². The highest BCUT2D eigenvalue weighted by atomic mass is 79.9. The number of thioether (sulfide) groups is 1. The van der Waals surface area contributed by atoms with Crippen LogP contribution in [0.25, 0.3) is 0 Å². The maximum absolute atomic E-state index is 12.3. The Kier molecular flexibility index (Phi) is 5.06. The second-order valence-electron chi connectivity index (χ2n) is 3.34. The van der Waals surface area contributed by atoms with Crippen molar-refractivity contribution in [3.8, 4) is 0 Å². The van der Waals surface area contributed by atoms with Crippen LogP contribution in [0.4, 0.5) is 13.2 Å². The van der Waals surface area contributed by atoms with Crippen LogP contribution in [0.2, 0.25) is 0 Å². The molecule has 0 heterocycles. The molecule has 0 aliphatic carbocycles. The molecule has 0 fully saturated rings. The zero-order valence-corrected chi connectivity index (χ0v) is 11.4. The van der Waals surface area contributed by atoms with Crippen molar-refractivity contribution in [3.63, 3.8) is 0 Å². The van der Waals surface area contributed by atoms with Gasteiger partial charge in [-0.3, -0.25) is 4.79 Å². The van der Waals surface area contributed by atoms with E-state index in [4.69, 9.17) is 0 Å². The number of Topliss-reactive ketones (excluding diaryl/α,β-unsaturated/α-hetero) is 1. The molecule has 1 aromatic carbocycles. The van der Waals surface area contributed by atoms with E-state index in [2.05, 4.69) is 15.9 Å². The van der Waals surface area contributed by atoms with Crippen molar-refractivity contribution in [1.82, 2.24) is 0 Å². The van der Waals surface area contributed by atoms with Gasteiger partial charge in [-0.15, -0.1) is 0 Å². The average molecular weight is 327 g/mol. The molecule has 1 nitrogen and oxygen atoms in total. The first kappa shape index (κ1) is 14.6. The molecule has 0 saturated carbocycles. The van der Waals surface area contributed by atoms with E-state index in [0.717, 1.165) is 0 Å². The summed E-state index contributed by atoms with van der Waals surface area (Å²) in [5.74, 6) is -0.149. The zero-order chi connectivity index (χ0) is 13.1. The van der Waals surface area contributed by atoms with Gasteiger partial charge in [-0.05, 0) is 30.3 Å². The molecule has 0 aliphatic rings. The minimum Gasteiger partial charge on any atom is -0.294 e. The third kappa shape index (κ3) is 4.35. The number of hydrogen-bond acceptors (Lipinski definition) is 2. The molecule has 17 heavy (non-hydrogen) atoms. The van der Waals surface area contributed by atoms with E-state index in [-0.39, 0.29) is 28.9 Å². The molecule has 0 aliphatic heterocycles. The second kappa shape index (κ2) is 5.91. The van der Waals surface area contributed by atoms with E-state index < -0.39 is 5.51 Å². The summed E-state index contributed by atoms with van der Waals surface area (Å²) in [6.07, 6.45) is 0.279. The van der Waals surface area contributed by atoms with Crippen LogP contribution in [0.5, 0.6) is 0 Å². The third-order valence-electron chi connectivity index (χ3n) is 2.13. The number of ketones is 1. The lowest BCUT2D eigenvalue weighted by Gasteiger charge is -2.11. The molecule has 0 N–H and O–H groups in total. The van der Waals surface area contributed by atoms with Gasteiger partial charge in [-0.1, -0.05) is 28.1 Å². The quantitative estimate of drug-likeness (QED) is 0.458. The van der Waals surface area contributed by atoms with Crippen LogP contribution in [-0.2, 0) is 0 Å². The number of benzene rings is 1. The van der Waals surface area contributed by atoms with E-state index in [9.17, 15) is 18.0 Å². The van der Waals surface area contributed by atoms with E-state index in [1.54, 1.807) is 6.07 Å². The topological polar surface area (TPSA) is 17.1 Å². The van der Waals surface area contributed by atoms with Crippen LogP contribution in [0, 0.1) is 6.92 Å². The van der Waals surface area contributed by atoms with Gasteiger partial charge >= 0.3 is 5.51 Å². The number of carbonyl (C=O) groups is 1. The molecular weight excluding hydrogens is 317 g/mol. The van der Waals surface area contributed by atoms with Gasteiger partial charge in [0, 0.05) is 22.2 Å². The first-order chi connectivity index (χ1) is 7.85. The van der Waals surface area contributed by atoms with E-state index >= 15 is 0 Å². The summed E-state index contributed by atoms with van der Waals surface area (Å²) in [6, 6.07) is 4.40. The largest absolute Gasteiger partial charge is 0.446 e. The van der Waals surface area contributed by atoms with Crippen molar-refractivity contribution < 1.29 is 18.0 Å². The summed E-state index contributed by atoms with van der Waals surface area (Å²) < 4.78 is 36.8. The Balaban J connectivity index is 3.03. The number of halogens is 4. The lowest BCUT2D eigenvalue weighted by Crippen LogP contribution is -2.05. The average Bonchev–Trinajstić information content (AvgIpc) is 2.19. The molecule has 6 heteroatoms. The summed E-state index contributed by atoms with van der Waals surface area (Å²) in [5.41, 5.74) is -3.58. The summed E-state index contributed by atoms with van der Waals surface area (Å²) in [6.45, 7) is 1.54. The van der Waals surface area contributed by atoms with Gasteiger partial charge in [0.15, 0.2) is 5.78 Å². The van der Waals surface area contributed by atoms with Crippen LogP contribution in [0.15, 0.2) is 23.1 Å². The van der Waals surface area contributed by atoms with Crippen LogP contribution in [0.3, 0.4) is 0 Å². The molecule has 0 amide bonds. The normalized spacial score (nSPS) is 11.6. The van der Waals surface area contributed by atoms with Crippen molar-refractivity contribution in [1.29, 1.82) is 0 Å². The predicted molar refractivity (Wildman–Crippen MR) is 65.8 cm³/mol. The molecular formula is C11H10BrF3OS. The zero-order valence-electron chi connectivity index (χ0n) is 8.97. The SMILES string of the molecule is Cc1c(SC(F)(F)F)cccc1C(=O)CCBr. The maximum atomic E-state index is 12.3. The van der Waals surface area contributed by atoms with Crippen LogP contribution < -0.4 is 0 Å². The van der Waals surface area contributed by atoms with Gasteiger partial charge in [-0.2, -0.15) is 13.2 Å². The second-order valence-corrected chi connectivity index (χ2v) is 5.24. The van der Waals surface area contributed by atoms with Crippen molar-refractivity contribution >= 4 is 33.5 Å². The Morgan fingerprint density at radius 3 is 2.59 bits per heavy atom. The monoisotopic (exact) mass is 326 g/mol. The molecule has 0 bridgehead atoms. The Hall–Kier alpha value is -0.490. The Morgan fingerprint density at radius 2 is 2.06 bits per heavy atom. The predicted octanol–water partition coefficient (Wildman–Crippen LogP) is 4.57. The smallest absolute Gasteiger partial charge is 0.294 e. The Labute approximate surface area is 110 Å². The van der Waals surface area contributed by atoms with E-state index in [0.29, 0.717) is 16.5 Å². The van der Waals surface area contributed by atoms with Gasteiger partial charge in [0.25, 0.3) is 0 Å². The summed E-state index contributed by atoms with van der Waals surface area (Å²) in [4.78, 5) is 11.7. The van der Waals surface area contributed by atoms with Crippen molar-refractivity contribution in [2.75, 3.05) is 5.33 Å². The minimum absolute atomic E-state index is 0.0814. The molecule has 0 spiro atoms. The highest BCUT2D eigenvalue weighted by Crippen LogP contribution is 2.39. The standard InChI is InChI=1S/C11H10BrF3OS/c1-7-8(9(16)5-6-12)3-2-4-10(7)17-11(13,14)15/h2-4H,5-6H2,1H3. The summed E-state index contributed by atoms with van der Waals surface area (Å²) in [7, 11) is 0. The Bertz CT molecular complexity index is 418. The molecule has 0 atom stereocenters. The fourth-order valence-corrected chi connectivity index (χ4v) is 2.39. The molecule has 0 radical (unpaired) electrons. The van der Waals surface area contributed by atoms with Gasteiger partial charge in [0.05, 0.1) is 0 Å². The fourth-order valence-electron chi connectivity index (χ4n) is 1.37. The lowest BCUT2D eigenvalue weighted by atomic mass is 10.0. The number of rotatable bonds is 4. The summed E-state index contributed by atoms with van der Waals surface area (Å²) >= 11 is 2.95. The van der Waals surface area contributed by atoms with Crippen LogP contribution in [0.1, 0.15) is 22.3 Å². The van der Waals surface area contributed by atoms with Crippen molar-refractivity contribution in [2.45, 2.75) is 23.7 Å². The molecule has 1 aromatic rings. The van der Waals surface area contributed by atoms with Crippen LogP contribution >= 0.6 is 27.7 Å². The number of hydrogen-bond donors (Lipinski definition) is 0. The van der Waals surface area contributed by atoms with E-state index in [1.807, 2.05) is 0 Å². The lowest BCUT2D eigenvalue weighted by molar-refractivity contribution is -0.0328. The maximum Gasteiger partial charge on any atom is 0.446 e. The van der Waals surface area contributed by atoms with Crippen LogP contribution in [-0.4, -0.2) is 16.6 Å². The highest BCUT2D eigenvalue weighted by Gasteiger charge is 2.30. The molecule has 0 saturated heterocycles. The van der Waals surface area contributed by atoms with Crippen molar-refractivity contribution in [2.24, 2.45) is 0 Å². The first-order valence-electron chi connectivity index (χ1n) is 4.79. The van der Waals surface area contributed by atoms with Gasteiger partial charge in [0.1, 0.15) is 0 Å². The number of carbonyl (C=O) groups excluding carboxylic acids is 1. The molecule has 94 valence electrons. The van der Waals surface area contributed by atoms with E-state index in [1.165, 1.54) is 19.1 Å². The first-order valence-corrected chi connectivity index (χ1v) is 6.73. The fraction of sp³-hybridized carbons (Fsp3) is 0.364. The highest BCUT2D eigenvalue weighted by molar-refractivity contribution is 9.09. The molecule has 0 aromatic heterocycles. The molecule has 0 unspecified atom stereocenters. The Morgan fingerprint density at radius 1 is 1.41 bits per heavy atom. The van der Waals surface area contributed by atoms with Gasteiger partial charge < -0.3 is 0 Å². The van der Waals surface area contributed by atoms with Gasteiger partial charge in [0.2, 0.25) is 0 Å². The minimum atomic E-state index is -4.33. The summed E-state index contributed by atoms with van der Waals surface area (Å²) in [5, 5.41) is 0.502. The number of alkyl halides is 4. The van der Waals surface area contributed by atoms with Crippen molar-refractivity contribution in [3.05, 3.63) is 29.3 Å².